The lowest BCUT2D eigenvalue weighted by Gasteiger charge is -2.32. The van der Waals surface area contributed by atoms with Crippen LogP contribution in [0.3, 0.4) is 0 Å². The van der Waals surface area contributed by atoms with Crippen LogP contribution in [0, 0.1) is 0 Å². The van der Waals surface area contributed by atoms with Crippen LogP contribution in [0.5, 0.6) is 0 Å². The monoisotopic (exact) mass is 454 g/mol. The van der Waals surface area contributed by atoms with Crippen molar-refractivity contribution in [3.05, 3.63) is 91.0 Å². The smallest absolute Gasteiger partial charge is 0.399 e. The van der Waals surface area contributed by atoms with E-state index in [-0.39, 0.29) is 18.3 Å². The van der Waals surface area contributed by atoms with Gasteiger partial charge in [0.15, 0.2) is 0 Å². The molecule has 0 amide bonds. The summed E-state index contributed by atoms with van der Waals surface area (Å²) in [6, 6.07) is 33.3. The first-order chi connectivity index (χ1) is 16.8. The minimum atomic E-state index is -0.361. The third-order valence-corrected chi connectivity index (χ3v) is 8.18. The summed E-state index contributed by atoms with van der Waals surface area (Å²) in [4.78, 5) is 0. The first-order valence-corrected chi connectivity index (χ1v) is 12.4. The van der Waals surface area contributed by atoms with Crippen molar-refractivity contribution in [2.75, 3.05) is 0 Å². The van der Waals surface area contributed by atoms with Gasteiger partial charge in [-0.15, -0.1) is 0 Å². The molecule has 7 rings (SSSR count). The molecule has 0 saturated carbocycles. The highest BCUT2D eigenvalue weighted by Gasteiger charge is 2.51. The number of hydrogen-bond acceptors (Lipinski definition) is 2. The third kappa shape index (κ3) is 3.05. The van der Waals surface area contributed by atoms with Crippen molar-refractivity contribution in [2.45, 2.75) is 38.9 Å². The normalized spacial score (nSPS) is 17.3. The molecule has 0 atom stereocenters. The zero-order chi connectivity index (χ0) is 23.9. The Labute approximate surface area is 205 Å². The quantitative estimate of drug-likeness (QED) is 0.197. The zero-order valence-corrected chi connectivity index (χ0v) is 20.6. The van der Waals surface area contributed by atoms with Gasteiger partial charge in [0.1, 0.15) is 0 Å². The number of benzene rings is 6. The summed E-state index contributed by atoms with van der Waals surface area (Å²) in [7, 11) is -0.361. The van der Waals surface area contributed by atoms with Gasteiger partial charge in [-0.25, -0.2) is 0 Å². The molecule has 170 valence electrons. The van der Waals surface area contributed by atoms with Gasteiger partial charge in [0.25, 0.3) is 0 Å². The number of rotatable bonds is 2. The molecule has 0 spiro atoms. The van der Waals surface area contributed by atoms with Gasteiger partial charge in [-0.2, -0.15) is 0 Å². The van der Waals surface area contributed by atoms with Crippen LogP contribution in [0.25, 0.3) is 54.2 Å². The Bertz CT molecular complexity index is 1680. The molecule has 3 heteroatoms. The average molecular weight is 454 g/mol. The predicted octanol–water partition coefficient (Wildman–Crippen LogP) is 7.70. The van der Waals surface area contributed by atoms with E-state index in [1.54, 1.807) is 0 Å². The lowest BCUT2D eigenvalue weighted by Crippen LogP contribution is -2.41. The lowest BCUT2D eigenvalue weighted by atomic mass is 9.76. The van der Waals surface area contributed by atoms with Crippen molar-refractivity contribution >= 4 is 55.7 Å². The van der Waals surface area contributed by atoms with E-state index in [1.807, 2.05) is 0 Å². The summed E-state index contributed by atoms with van der Waals surface area (Å²) in [5.74, 6) is 0. The maximum absolute atomic E-state index is 6.35. The van der Waals surface area contributed by atoms with Gasteiger partial charge in [-0.1, -0.05) is 78.9 Å². The first-order valence-electron chi connectivity index (χ1n) is 12.4. The van der Waals surface area contributed by atoms with E-state index in [1.165, 1.54) is 54.2 Å². The maximum Gasteiger partial charge on any atom is 0.494 e. The topological polar surface area (TPSA) is 18.5 Å². The molecule has 1 aliphatic rings. The van der Waals surface area contributed by atoms with Gasteiger partial charge in [0.05, 0.1) is 11.2 Å². The minimum Gasteiger partial charge on any atom is -0.399 e. The number of hydrogen-bond donors (Lipinski definition) is 0. The highest BCUT2D eigenvalue weighted by atomic mass is 16.7. The van der Waals surface area contributed by atoms with Crippen molar-refractivity contribution in [2.24, 2.45) is 0 Å². The van der Waals surface area contributed by atoms with Crippen molar-refractivity contribution in [3.63, 3.8) is 0 Å². The largest absolute Gasteiger partial charge is 0.494 e. The fourth-order valence-corrected chi connectivity index (χ4v) is 5.61. The molecule has 0 bridgehead atoms. The van der Waals surface area contributed by atoms with Gasteiger partial charge >= 0.3 is 7.12 Å². The summed E-state index contributed by atoms with van der Waals surface area (Å²) >= 11 is 0. The highest BCUT2D eigenvalue weighted by Crippen LogP contribution is 2.40. The van der Waals surface area contributed by atoms with Crippen molar-refractivity contribution in [1.82, 2.24) is 0 Å². The van der Waals surface area contributed by atoms with E-state index in [0.717, 1.165) is 5.46 Å². The molecule has 6 aromatic rings. The van der Waals surface area contributed by atoms with Crippen molar-refractivity contribution in [3.8, 4) is 11.1 Å². The van der Waals surface area contributed by atoms with Crippen LogP contribution in [-0.4, -0.2) is 18.3 Å². The van der Waals surface area contributed by atoms with Gasteiger partial charge in [-0.3, -0.25) is 0 Å². The lowest BCUT2D eigenvalue weighted by molar-refractivity contribution is 0.00578. The average Bonchev–Trinajstić information content (AvgIpc) is 3.08. The predicted molar refractivity (Wildman–Crippen MR) is 149 cm³/mol. The van der Waals surface area contributed by atoms with E-state index in [2.05, 4.69) is 119 Å². The number of fused-ring (bicyclic) bond motifs is 1. The molecule has 0 aliphatic carbocycles. The molecule has 0 unspecified atom stereocenters. The molecule has 1 saturated heterocycles. The summed E-state index contributed by atoms with van der Waals surface area (Å²) in [6.07, 6.45) is 0. The van der Waals surface area contributed by atoms with Crippen LogP contribution in [0.15, 0.2) is 91.0 Å². The minimum absolute atomic E-state index is 0.353. The second-order valence-corrected chi connectivity index (χ2v) is 10.9. The van der Waals surface area contributed by atoms with Crippen LogP contribution in [0.1, 0.15) is 27.7 Å². The van der Waals surface area contributed by atoms with Crippen LogP contribution in [0.4, 0.5) is 0 Å². The van der Waals surface area contributed by atoms with Crippen LogP contribution in [-0.2, 0) is 9.31 Å². The second-order valence-electron chi connectivity index (χ2n) is 10.9. The fourth-order valence-electron chi connectivity index (χ4n) is 5.61. The molecular weight excluding hydrogens is 427 g/mol. The zero-order valence-electron chi connectivity index (χ0n) is 20.6. The summed E-state index contributed by atoms with van der Waals surface area (Å²) in [5, 5.41) is 10.2. The molecule has 6 aromatic carbocycles. The van der Waals surface area contributed by atoms with E-state index in [4.69, 9.17) is 9.31 Å². The Kier molecular flexibility index (Phi) is 4.23. The Hall–Kier alpha value is -3.40. The molecule has 0 N–H and O–H groups in total. The van der Waals surface area contributed by atoms with E-state index in [9.17, 15) is 0 Å². The Morgan fingerprint density at radius 1 is 0.543 bits per heavy atom. The Morgan fingerprint density at radius 3 is 1.66 bits per heavy atom. The van der Waals surface area contributed by atoms with Crippen LogP contribution in [0.2, 0.25) is 0 Å². The molecular formula is C32H27BO2. The molecule has 1 aliphatic heterocycles. The summed E-state index contributed by atoms with van der Waals surface area (Å²) < 4.78 is 12.7. The van der Waals surface area contributed by atoms with Crippen molar-refractivity contribution in [1.29, 1.82) is 0 Å². The maximum atomic E-state index is 6.35. The molecule has 2 nitrogen and oxygen atoms in total. The molecule has 35 heavy (non-hydrogen) atoms. The van der Waals surface area contributed by atoms with E-state index in [0.29, 0.717) is 0 Å². The van der Waals surface area contributed by atoms with Gasteiger partial charge < -0.3 is 9.31 Å². The molecule has 0 radical (unpaired) electrons. The molecule has 0 aromatic heterocycles. The Morgan fingerprint density at radius 2 is 1.06 bits per heavy atom. The second kappa shape index (κ2) is 7.07. The van der Waals surface area contributed by atoms with Crippen LogP contribution >= 0.6 is 0 Å². The van der Waals surface area contributed by atoms with Crippen molar-refractivity contribution < 1.29 is 9.31 Å². The fraction of sp³-hybridized carbons (Fsp3) is 0.188. The van der Waals surface area contributed by atoms with Gasteiger partial charge in [0.2, 0.25) is 0 Å². The van der Waals surface area contributed by atoms with Gasteiger partial charge in [0, 0.05) is 0 Å². The third-order valence-electron chi connectivity index (χ3n) is 8.18. The van der Waals surface area contributed by atoms with E-state index < -0.39 is 0 Å². The van der Waals surface area contributed by atoms with E-state index >= 15 is 0 Å². The Balaban J connectivity index is 1.41. The van der Waals surface area contributed by atoms with Gasteiger partial charge in [-0.05, 0) is 99.5 Å². The van der Waals surface area contributed by atoms with Crippen LogP contribution < -0.4 is 5.46 Å². The molecule has 1 fully saturated rings. The summed E-state index contributed by atoms with van der Waals surface area (Å²) in [5.41, 5.74) is 2.90. The first kappa shape index (κ1) is 20.9. The molecule has 1 heterocycles. The highest BCUT2D eigenvalue weighted by molar-refractivity contribution is 6.62. The SMILES string of the molecule is CC1(C)OB(c2cc3ccc4cc(-c5cccc6ccccc56)cc5ccc(c2)c3c45)OC1(C)C. The summed E-state index contributed by atoms with van der Waals surface area (Å²) in [6.45, 7) is 8.41. The standard InChI is InChI=1S/C32H27BO2/c1-31(2)32(3,4)35-33(34-31)26-18-23-14-12-21-16-25(17-22-13-15-24(19-26)30(23)29(21)22)28-11-7-9-20-8-5-6-10-27(20)28/h5-19H,1-4H3.